The molecule has 2 aromatic carbocycles. The van der Waals surface area contributed by atoms with E-state index in [-0.39, 0.29) is 0 Å². The van der Waals surface area contributed by atoms with Crippen LogP contribution in [0, 0.1) is 0 Å². The maximum Gasteiger partial charge on any atom is 0.229 e. The number of para-hydroxylation sites is 1. The monoisotopic (exact) mass is 409 g/mol. The number of benzene rings is 2. The molecule has 0 atom stereocenters. The van der Waals surface area contributed by atoms with Gasteiger partial charge in [0.15, 0.2) is 5.82 Å². The summed E-state index contributed by atoms with van der Waals surface area (Å²) in [7, 11) is 1.68. The Morgan fingerprint density at radius 3 is 2.62 bits per heavy atom. The predicted octanol–water partition coefficient (Wildman–Crippen LogP) is 5.09. The van der Waals surface area contributed by atoms with Crippen LogP contribution in [0.3, 0.4) is 0 Å². The molecule has 0 spiro atoms. The van der Waals surface area contributed by atoms with Crippen molar-refractivity contribution in [3.63, 3.8) is 0 Å². The number of anilines is 4. The van der Waals surface area contributed by atoms with Crippen molar-refractivity contribution in [1.29, 1.82) is 0 Å². The van der Waals surface area contributed by atoms with E-state index in [0.717, 1.165) is 43.1 Å². The van der Waals surface area contributed by atoms with Gasteiger partial charge in [0, 0.05) is 5.69 Å². The van der Waals surface area contributed by atoms with Crippen LogP contribution in [0.2, 0.25) is 5.02 Å². The lowest BCUT2D eigenvalue weighted by Gasteiger charge is -2.24. The smallest absolute Gasteiger partial charge is 0.229 e. The number of rotatable bonds is 6. The predicted molar refractivity (Wildman–Crippen MR) is 118 cm³/mol. The minimum Gasteiger partial charge on any atom is -0.495 e. The molecule has 0 aliphatic carbocycles. The Hall–Kier alpha value is -2.83. The van der Waals surface area contributed by atoms with Gasteiger partial charge >= 0.3 is 0 Å². The number of piperidine rings is 1. The standard InChI is InChI=1S/C22H24ClN5O/c1-29-20-13-16(15-9-11-24-12-10-15)7-8-19(20)27-22-25-14-18(23)21(28-22)26-17-5-3-2-4-6-17/h2-8,13-15,24H,9-12H2,1H3,(H2,25,26,27,28). The zero-order valence-corrected chi connectivity index (χ0v) is 17.0. The van der Waals surface area contributed by atoms with Gasteiger partial charge in [0.25, 0.3) is 0 Å². The normalized spacial score (nSPS) is 14.4. The lowest BCUT2D eigenvalue weighted by Crippen LogP contribution is -2.26. The minimum atomic E-state index is 0.445. The van der Waals surface area contributed by atoms with Gasteiger partial charge in [-0.1, -0.05) is 35.9 Å². The summed E-state index contributed by atoms with van der Waals surface area (Å²) in [6.45, 7) is 2.12. The third kappa shape index (κ3) is 4.78. The van der Waals surface area contributed by atoms with E-state index in [2.05, 4.69) is 38.1 Å². The first-order valence-corrected chi connectivity index (χ1v) is 10.1. The van der Waals surface area contributed by atoms with Gasteiger partial charge in [-0.3, -0.25) is 0 Å². The highest BCUT2D eigenvalue weighted by Crippen LogP contribution is 2.34. The molecule has 0 unspecified atom stereocenters. The average Bonchev–Trinajstić information content (AvgIpc) is 2.77. The number of hydrogen-bond donors (Lipinski definition) is 3. The Kier molecular flexibility index (Phi) is 6.12. The third-order valence-corrected chi connectivity index (χ3v) is 5.34. The molecular weight excluding hydrogens is 386 g/mol. The zero-order valence-electron chi connectivity index (χ0n) is 16.3. The van der Waals surface area contributed by atoms with E-state index < -0.39 is 0 Å². The number of nitrogens with one attached hydrogen (secondary N) is 3. The molecule has 1 fully saturated rings. The first-order valence-electron chi connectivity index (χ1n) is 9.73. The van der Waals surface area contributed by atoms with E-state index in [0.29, 0.717) is 22.7 Å². The molecule has 1 aliphatic rings. The van der Waals surface area contributed by atoms with Crippen LogP contribution in [-0.2, 0) is 0 Å². The fourth-order valence-corrected chi connectivity index (χ4v) is 3.65. The molecule has 6 nitrogen and oxygen atoms in total. The fraction of sp³-hybridized carbons (Fsp3) is 0.273. The average molecular weight is 410 g/mol. The van der Waals surface area contributed by atoms with Crippen molar-refractivity contribution in [1.82, 2.24) is 15.3 Å². The van der Waals surface area contributed by atoms with Gasteiger partial charge in [-0.25, -0.2) is 4.98 Å². The second-order valence-corrected chi connectivity index (χ2v) is 7.40. The summed E-state index contributed by atoms with van der Waals surface area (Å²) in [5.41, 5.74) is 3.03. The molecule has 150 valence electrons. The Morgan fingerprint density at radius 1 is 1.07 bits per heavy atom. The van der Waals surface area contributed by atoms with Gasteiger partial charge in [0.05, 0.1) is 19.0 Å². The number of hydrogen-bond acceptors (Lipinski definition) is 6. The van der Waals surface area contributed by atoms with Gasteiger partial charge in [-0.2, -0.15) is 4.98 Å². The maximum absolute atomic E-state index is 6.27. The number of aromatic nitrogens is 2. The van der Waals surface area contributed by atoms with Crippen molar-refractivity contribution in [3.8, 4) is 5.75 Å². The lowest BCUT2D eigenvalue weighted by molar-refractivity contribution is 0.413. The zero-order chi connectivity index (χ0) is 20.1. The molecule has 4 rings (SSSR count). The summed E-state index contributed by atoms with van der Waals surface area (Å²) >= 11 is 6.27. The quantitative estimate of drug-likeness (QED) is 0.526. The first kappa shape index (κ1) is 19.5. The van der Waals surface area contributed by atoms with Crippen molar-refractivity contribution < 1.29 is 4.74 Å². The Labute approximate surface area is 175 Å². The molecule has 7 heteroatoms. The third-order valence-electron chi connectivity index (χ3n) is 5.06. The van der Waals surface area contributed by atoms with E-state index in [4.69, 9.17) is 16.3 Å². The second kappa shape index (κ2) is 9.11. The van der Waals surface area contributed by atoms with Crippen LogP contribution in [0.15, 0.2) is 54.7 Å². The molecule has 2 heterocycles. The largest absolute Gasteiger partial charge is 0.495 e. The topological polar surface area (TPSA) is 71.1 Å². The van der Waals surface area contributed by atoms with Gasteiger partial charge in [0.1, 0.15) is 10.8 Å². The van der Waals surface area contributed by atoms with Crippen LogP contribution in [0.4, 0.5) is 23.1 Å². The van der Waals surface area contributed by atoms with Crippen LogP contribution in [0.25, 0.3) is 0 Å². The van der Waals surface area contributed by atoms with Crippen molar-refractivity contribution in [2.75, 3.05) is 30.8 Å². The second-order valence-electron chi connectivity index (χ2n) is 6.99. The van der Waals surface area contributed by atoms with E-state index in [9.17, 15) is 0 Å². The molecule has 1 aliphatic heterocycles. The highest BCUT2D eigenvalue weighted by Gasteiger charge is 2.17. The van der Waals surface area contributed by atoms with E-state index in [1.807, 2.05) is 36.4 Å². The van der Waals surface area contributed by atoms with Gasteiger partial charge in [-0.05, 0) is 61.7 Å². The maximum atomic E-state index is 6.27. The molecule has 3 aromatic rings. The summed E-state index contributed by atoms with van der Waals surface area (Å²) in [5.74, 6) is 2.33. The molecular formula is C22H24ClN5O. The Morgan fingerprint density at radius 2 is 1.86 bits per heavy atom. The summed E-state index contributed by atoms with van der Waals surface area (Å²) in [6.07, 6.45) is 3.87. The molecule has 29 heavy (non-hydrogen) atoms. The summed E-state index contributed by atoms with van der Waals surface area (Å²) < 4.78 is 5.62. The highest BCUT2D eigenvalue weighted by atomic mass is 35.5. The molecule has 0 radical (unpaired) electrons. The Bertz CT molecular complexity index is 961. The van der Waals surface area contributed by atoms with Crippen molar-refractivity contribution >= 4 is 34.7 Å². The molecule has 1 aromatic heterocycles. The SMILES string of the molecule is COc1cc(C2CCNCC2)ccc1Nc1ncc(Cl)c(Nc2ccccc2)n1. The molecule has 0 bridgehead atoms. The fourth-order valence-electron chi connectivity index (χ4n) is 3.51. The van der Waals surface area contributed by atoms with Gasteiger partial charge in [0.2, 0.25) is 5.95 Å². The molecule has 3 N–H and O–H groups in total. The molecule has 0 saturated carbocycles. The lowest BCUT2D eigenvalue weighted by atomic mass is 9.90. The molecule has 0 amide bonds. The van der Waals surface area contributed by atoms with Gasteiger partial charge < -0.3 is 20.7 Å². The minimum absolute atomic E-state index is 0.445. The summed E-state index contributed by atoms with van der Waals surface area (Å²) in [4.78, 5) is 8.83. The first-order chi connectivity index (χ1) is 14.2. The van der Waals surface area contributed by atoms with Crippen molar-refractivity contribution in [2.24, 2.45) is 0 Å². The highest BCUT2D eigenvalue weighted by molar-refractivity contribution is 6.32. The van der Waals surface area contributed by atoms with E-state index >= 15 is 0 Å². The van der Waals surface area contributed by atoms with Gasteiger partial charge in [-0.15, -0.1) is 0 Å². The number of methoxy groups -OCH3 is 1. The Balaban J connectivity index is 1.54. The number of ether oxygens (including phenoxy) is 1. The summed E-state index contributed by atoms with van der Waals surface area (Å²) in [5, 5.41) is 10.3. The van der Waals surface area contributed by atoms with Crippen molar-refractivity contribution in [2.45, 2.75) is 18.8 Å². The van der Waals surface area contributed by atoms with Crippen LogP contribution in [0.5, 0.6) is 5.75 Å². The number of nitrogens with zero attached hydrogens (tertiary/aromatic N) is 2. The summed E-state index contributed by atoms with van der Waals surface area (Å²) in [6, 6.07) is 16.0. The number of halogens is 1. The van der Waals surface area contributed by atoms with Crippen LogP contribution < -0.4 is 20.7 Å². The van der Waals surface area contributed by atoms with E-state index in [1.54, 1.807) is 13.3 Å². The van der Waals surface area contributed by atoms with Crippen LogP contribution in [-0.4, -0.2) is 30.2 Å². The van der Waals surface area contributed by atoms with E-state index in [1.165, 1.54) is 5.56 Å². The van der Waals surface area contributed by atoms with Crippen LogP contribution in [0.1, 0.15) is 24.3 Å². The van der Waals surface area contributed by atoms with Crippen molar-refractivity contribution in [3.05, 3.63) is 65.3 Å². The molecule has 1 saturated heterocycles. The van der Waals surface area contributed by atoms with Crippen LogP contribution >= 0.6 is 11.6 Å².